The standard InChI is InChI=1S/C21H15FN2O4S/c22-15-6-8-17-18(10-15)29-21(23-17)24-19(25)11-28-20(26)12-27-16-7-5-13-3-1-2-4-14(13)9-16/h1-10H,11-12H2,(H,23,24,25). The van der Waals surface area contributed by atoms with Crippen LogP contribution in [0.2, 0.25) is 0 Å². The molecule has 4 rings (SSSR count). The average Bonchev–Trinajstić information content (AvgIpc) is 3.11. The second-order valence-corrected chi connectivity index (χ2v) is 7.17. The third-order valence-electron chi connectivity index (χ3n) is 4.04. The number of ether oxygens (including phenoxy) is 2. The van der Waals surface area contributed by atoms with Crippen LogP contribution < -0.4 is 10.1 Å². The highest BCUT2D eigenvalue weighted by molar-refractivity contribution is 7.22. The smallest absolute Gasteiger partial charge is 0.344 e. The van der Waals surface area contributed by atoms with Crippen LogP contribution in [0.15, 0.2) is 60.7 Å². The summed E-state index contributed by atoms with van der Waals surface area (Å²) >= 11 is 1.13. The largest absolute Gasteiger partial charge is 0.482 e. The van der Waals surface area contributed by atoms with Crippen molar-refractivity contribution in [3.05, 3.63) is 66.5 Å². The van der Waals surface area contributed by atoms with Crippen LogP contribution in [-0.2, 0) is 14.3 Å². The Bertz CT molecular complexity index is 1210. The van der Waals surface area contributed by atoms with Crippen molar-refractivity contribution in [2.75, 3.05) is 18.5 Å². The van der Waals surface area contributed by atoms with E-state index in [-0.39, 0.29) is 12.4 Å². The van der Waals surface area contributed by atoms with Gasteiger partial charge >= 0.3 is 5.97 Å². The number of nitrogens with zero attached hydrogens (tertiary/aromatic N) is 1. The van der Waals surface area contributed by atoms with Gasteiger partial charge in [-0.1, -0.05) is 41.7 Å². The average molecular weight is 410 g/mol. The predicted octanol–water partition coefficient (Wildman–Crippen LogP) is 4.15. The van der Waals surface area contributed by atoms with Crippen molar-refractivity contribution in [2.24, 2.45) is 0 Å². The van der Waals surface area contributed by atoms with Crippen LogP contribution in [0.5, 0.6) is 5.75 Å². The molecule has 0 atom stereocenters. The van der Waals surface area contributed by atoms with Gasteiger partial charge in [0, 0.05) is 0 Å². The lowest BCUT2D eigenvalue weighted by Crippen LogP contribution is -2.23. The van der Waals surface area contributed by atoms with E-state index >= 15 is 0 Å². The minimum atomic E-state index is -0.667. The number of carbonyl (C=O) groups excluding carboxylic acids is 2. The molecule has 1 N–H and O–H groups in total. The maximum atomic E-state index is 13.2. The number of hydrogen-bond acceptors (Lipinski definition) is 6. The number of carbonyl (C=O) groups is 2. The number of hydrogen-bond donors (Lipinski definition) is 1. The van der Waals surface area contributed by atoms with E-state index in [9.17, 15) is 14.0 Å². The Labute approximate surface area is 168 Å². The Hall–Kier alpha value is -3.52. The lowest BCUT2D eigenvalue weighted by molar-refractivity contribution is -0.149. The molecule has 6 nitrogen and oxygen atoms in total. The van der Waals surface area contributed by atoms with Gasteiger partial charge in [0.05, 0.1) is 10.2 Å². The molecule has 3 aromatic carbocycles. The van der Waals surface area contributed by atoms with E-state index in [2.05, 4.69) is 10.3 Å². The van der Waals surface area contributed by atoms with Gasteiger partial charge in [-0.3, -0.25) is 10.1 Å². The molecule has 1 amide bonds. The van der Waals surface area contributed by atoms with E-state index < -0.39 is 18.5 Å². The van der Waals surface area contributed by atoms with Gasteiger partial charge in [0.25, 0.3) is 5.91 Å². The minimum absolute atomic E-state index is 0.305. The molecule has 0 fully saturated rings. The molecule has 0 saturated heterocycles. The van der Waals surface area contributed by atoms with Crippen LogP contribution in [0, 0.1) is 5.82 Å². The lowest BCUT2D eigenvalue weighted by Gasteiger charge is -2.08. The van der Waals surface area contributed by atoms with Crippen LogP contribution in [-0.4, -0.2) is 30.1 Å². The van der Waals surface area contributed by atoms with Gasteiger partial charge in [0.2, 0.25) is 0 Å². The van der Waals surface area contributed by atoms with Crippen molar-refractivity contribution >= 4 is 49.3 Å². The van der Waals surface area contributed by atoms with Crippen molar-refractivity contribution in [3.8, 4) is 5.75 Å². The van der Waals surface area contributed by atoms with Crippen molar-refractivity contribution < 1.29 is 23.5 Å². The summed E-state index contributed by atoms with van der Waals surface area (Å²) in [6.45, 7) is -0.782. The van der Waals surface area contributed by atoms with Crippen LogP contribution in [0.4, 0.5) is 9.52 Å². The molecule has 0 aliphatic rings. The molecule has 1 heterocycles. The van der Waals surface area contributed by atoms with E-state index in [1.807, 2.05) is 36.4 Å². The topological polar surface area (TPSA) is 77.5 Å². The highest BCUT2D eigenvalue weighted by Gasteiger charge is 2.12. The zero-order valence-electron chi connectivity index (χ0n) is 15.1. The van der Waals surface area contributed by atoms with Crippen LogP contribution in [0.25, 0.3) is 21.0 Å². The quantitative estimate of drug-likeness (QED) is 0.483. The van der Waals surface area contributed by atoms with E-state index in [0.29, 0.717) is 21.1 Å². The van der Waals surface area contributed by atoms with Gasteiger partial charge in [-0.25, -0.2) is 14.2 Å². The van der Waals surface area contributed by atoms with Crippen LogP contribution >= 0.6 is 11.3 Å². The van der Waals surface area contributed by atoms with Gasteiger partial charge in [-0.15, -0.1) is 0 Å². The molecule has 29 heavy (non-hydrogen) atoms. The number of anilines is 1. The molecular weight excluding hydrogens is 395 g/mol. The first kappa shape index (κ1) is 18.8. The Morgan fingerprint density at radius 3 is 2.69 bits per heavy atom. The summed E-state index contributed by atoms with van der Waals surface area (Å²) in [5.41, 5.74) is 0.576. The number of benzene rings is 3. The molecule has 1 aromatic heterocycles. The fourth-order valence-corrected chi connectivity index (χ4v) is 3.60. The van der Waals surface area contributed by atoms with Gasteiger partial charge in [0.15, 0.2) is 18.3 Å². The van der Waals surface area contributed by atoms with Gasteiger partial charge in [-0.05, 0) is 41.1 Å². The van der Waals surface area contributed by atoms with Crippen LogP contribution in [0.3, 0.4) is 0 Å². The van der Waals surface area contributed by atoms with Gasteiger partial charge in [-0.2, -0.15) is 0 Å². The van der Waals surface area contributed by atoms with Gasteiger partial charge in [0.1, 0.15) is 11.6 Å². The molecule has 4 aromatic rings. The van der Waals surface area contributed by atoms with E-state index in [1.165, 1.54) is 18.2 Å². The molecule has 0 radical (unpaired) electrons. The summed E-state index contributed by atoms with van der Waals surface area (Å²) < 4.78 is 24.2. The van der Waals surface area contributed by atoms with E-state index in [4.69, 9.17) is 9.47 Å². The zero-order chi connectivity index (χ0) is 20.2. The van der Waals surface area contributed by atoms with Crippen LogP contribution in [0.1, 0.15) is 0 Å². The molecule has 0 aliphatic carbocycles. The highest BCUT2D eigenvalue weighted by Crippen LogP contribution is 2.26. The summed E-state index contributed by atoms with van der Waals surface area (Å²) in [6, 6.07) is 17.4. The summed E-state index contributed by atoms with van der Waals surface area (Å²) in [5.74, 6) is -1.05. The number of halogens is 1. The summed E-state index contributed by atoms with van der Waals surface area (Å²) in [6.07, 6.45) is 0. The van der Waals surface area contributed by atoms with Crippen molar-refractivity contribution in [1.29, 1.82) is 0 Å². The molecule has 0 aliphatic heterocycles. The highest BCUT2D eigenvalue weighted by atomic mass is 32.1. The molecule has 0 saturated carbocycles. The molecule has 0 bridgehead atoms. The fraction of sp³-hybridized carbons (Fsp3) is 0.0952. The van der Waals surface area contributed by atoms with E-state index in [1.54, 1.807) is 6.07 Å². The molecule has 0 unspecified atom stereocenters. The Morgan fingerprint density at radius 1 is 1.00 bits per heavy atom. The fourth-order valence-electron chi connectivity index (χ4n) is 2.69. The third kappa shape index (κ3) is 4.67. The monoisotopic (exact) mass is 410 g/mol. The van der Waals surface area contributed by atoms with Crippen molar-refractivity contribution in [2.45, 2.75) is 0 Å². The number of aromatic nitrogens is 1. The SMILES string of the molecule is O=C(COC(=O)COc1ccc2ccccc2c1)Nc1nc2ccc(F)cc2s1. The number of esters is 1. The number of amides is 1. The first-order valence-corrected chi connectivity index (χ1v) is 9.52. The molecule has 146 valence electrons. The Balaban J connectivity index is 1.26. The Morgan fingerprint density at radius 2 is 1.83 bits per heavy atom. The normalized spacial score (nSPS) is 10.8. The number of fused-ring (bicyclic) bond motifs is 2. The van der Waals surface area contributed by atoms with E-state index in [0.717, 1.165) is 22.1 Å². The summed E-state index contributed by atoms with van der Waals surface area (Å²) in [5, 5.41) is 4.89. The lowest BCUT2D eigenvalue weighted by atomic mass is 10.1. The van der Waals surface area contributed by atoms with Crippen molar-refractivity contribution in [1.82, 2.24) is 4.98 Å². The number of nitrogens with one attached hydrogen (secondary N) is 1. The Kier molecular flexibility index (Phi) is 5.35. The number of rotatable bonds is 6. The molecule has 8 heteroatoms. The third-order valence-corrected chi connectivity index (χ3v) is 4.97. The second-order valence-electron chi connectivity index (χ2n) is 6.14. The molecule has 0 spiro atoms. The number of thiazole rings is 1. The predicted molar refractivity (Wildman–Crippen MR) is 109 cm³/mol. The minimum Gasteiger partial charge on any atom is -0.482 e. The maximum Gasteiger partial charge on any atom is 0.344 e. The zero-order valence-corrected chi connectivity index (χ0v) is 15.9. The van der Waals surface area contributed by atoms with Crippen molar-refractivity contribution in [3.63, 3.8) is 0 Å². The molecular formula is C21H15FN2O4S. The first-order chi connectivity index (χ1) is 14.1. The second kappa shape index (κ2) is 8.24. The maximum absolute atomic E-state index is 13.2. The first-order valence-electron chi connectivity index (χ1n) is 8.70. The summed E-state index contributed by atoms with van der Waals surface area (Å²) in [7, 11) is 0. The summed E-state index contributed by atoms with van der Waals surface area (Å²) in [4.78, 5) is 28.0. The van der Waals surface area contributed by atoms with Gasteiger partial charge < -0.3 is 9.47 Å².